The third kappa shape index (κ3) is 70.3. The molecule has 0 aromatic heterocycles. The monoisotopic (exact) mass is 1170 g/mol. The van der Waals surface area contributed by atoms with Gasteiger partial charge in [-0.1, -0.05) is 346 Å². The van der Waals surface area contributed by atoms with E-state index >= 15 is 0 Å². The molecular formula is C77H144O6. The molecule has 0 N–H and O–H groups in total. The molecule has 0 spiro atoms. The van der Waals surface area contributed by atoms with E-state index in [0.717, 1.165) is 64.2 Å². The van der Waals surface area contributed by atoms with Crippen LogP contribution in [0.4, 0.5) is 0 Å². The SMILES string of the molecule is CCCC/C=C\CCCCCCCC(=O)OCC(COC(=O)CCCCCCCCCCCCCCCCCCCCCCC/C=C\CCCCCCCCCC)OC(=O)CCCCCCCCCCC/C=C\CCCCCCCCCC. The number of rotatable bonds is 70. The molecule has 0 rings (SSSR count). The number of ether oxygens (including phenoxy) is 3. The third-order valence-electron chi connectivity index (χ3n) is 17.1. The van der Waals surface area contributed by atoms with Crippen LogP contribution >= 0.6 is 0 Å². The van der Waals surface area contributed by atoms with Gasteiger partial charge in [-0.15, -0.1) is 0 Å². The largest absolute Gasteiger partial charge is 0.462 e. The Kier molecular flexibility index (Phi) is 70.0. The molecule has 0 bridgehead atoms. The molecule has 1 unspecified atom stereocenters. The minimum Gasteiger partial charge on any atom is -0.462 e. The van der Waals surface area contributed by atoms with Crippen molar-refractivity contribution in [1.82, 2.24) is 0 Å². The fourth-order valence-corrected chi connectivity index (χ4v) is 11.4. The van der Waals surface area contributed by atoms with Crippen molar-refractivity contribution >= 4 is 17.9 Å². The molecule has 0 aliphatic heterocycles. The number of carbonyl (C=O) groups is 3. The van der Waals surface area contributed by atoms with Crippen molar-refractivity contribution in [2.45, 2.75) is 425 Å². The van der Waals surface area contributed by atoms with E-state index in [4.69, 9.17) is 14.2 Å². The smallest absolute Gasteiger partial charge is 0.306 e. The van der Waals surface area contributed by atoms with Crippen LogP contribution in [-0.2, 0) is 28.6 Å². The van der Waals surface area contributed by atoms with Gasteiger partial charge in [0.1, 0.15) is 13.2 Å². The number of esters is 3. The highest BCUT2D eigenvalue weighted by molar-refractivity contribution is 5.71. The van der Waals surface area contributed by atoms with Crippen LogP contribution in [0.5, 0.6) is 0 Å². The van der Waals surface area contributed by atoms with E-state index in [1.165, 1.54) is 315 Å². The van der Waals surface area contributed by atoms with E-state index in [0.29, 0.717) is 19.3 Å². The summed E-state index contributed by atoms with van der Waals surface area (Å²) >= 11 is 0. The minimum atomic E-state index is -0.775. The van der Waals surface area contributed by atoms with Crippen molar-refractivity contribution in [2.24, 2.45) is 0 Å². The molecule has 0 aliphatic carbocycles. The van der Waals surface area contributed by atoms with Gasteiger partial charge in [0.2, 0.25) is 0 Å². The second kappa shape index (κ2) is 72.1. The Morgan fingerprint density at radius 1 is 0.229 bits per heavy atom. The lowest BCUT2D eigenvalue weighted by Gasteiger charge is -2.18. The van der Waals surface area contributed by atoms with Gasteiger partial charge in [0, 0.05) is 19.3 Å². The van der Waals surface area contributed by atoms with Crippen LogP contribution in [0, 0.1) is 0 Å². The molecule has 6 heteroatoms. The van der Waals surface area contributed by atoms with E-state index in [1.54, 1.807) is 0 Å². The molecule has 0 radical (unpaired) electrons. The summed E-state index contributed by atoms with van der Waals surface area (Å²) in [6.07, 6.45) is 90.7. The van der Waals surface area contributed by atoms with Crippen molar-refractivity contribution in [2.75, 3.05) is 13.2 Å². The lowest BCUT2D eigenvalue weighted by molar-refractivity contribution is -0.167. The van der Waals surface area contributed by atoms with Crippen LogP contribution in [0.2, 0.25) is 0 Å². The third-order valence-corrected chi connectivity index (χ3v) is 17.1. The van der Waals surface area contributed by atoms with Crippen molar-refractivity contribution < 1.29 is 28.6 Å². The van der Waals surface area contributed by atoms with Gasteiger partial charge in [-0.2, -0.15) is 0 Å². The van der Waals surface area contributed by atoms with Gasteiger partial charge in [-0.05, 0) is 89.9 Å². The lowest BCUT2D eigenvalue weighted by atomic mass is 10.0. The summed E-state index contributed by atoms with van der Waals surface area (Å²) in [5.74, 6) is -0.855. The first-order valence-electron chi connectivity index (χ1n) is 37.5. The van der Waals surface area contributed by atoms with Crippen molar-refractivity contribution in [3.05, 3.63) is 36.5 Å². The zero-order valence-electron chi connectivity index (χ0n) is 56.2. The Hall–Kier alpha value is -2.37. The number of carbonyl (C=O) groups excluding carboxylic acids is 3. The summed E-state index contributed by atoms with van der Waals surface area (Å²) < 4.78 is 17.0. The van der Waals surface area contributed by atoms with Gasteiger partial charge in [0.15, 0.2) is 6.10 Å². The second-order valence-corrected chi connectivity index (χ2v) is 25.6. The number of hydrogen-bond acceptors (Lipinski definition) is 6. The Bertz CT molecular complexity index is 1380. The zero-order chi connectivity index (χ0) is 59.9. The van der Waals surface area contributed by atoms with Crippen LogP contribution in [-0.4, -0.2) is 37.2 Å². The van der Waals surface area contributed by atoms with Crippen LogP contribution < -0.4 is 0 Å². The molecule has 0 aromatic rings. The fraction of sp³-hybridized carbons (Fsp3) is 0.883. The van der Waals surface area contributed by atoms with Crippen molar-refractivity contribution in [1.29, 1.82) is 0 Å². The average molecular weight is 1170 g/mol. The van der Waals surface area contributed by atoms with E-state index < -0.39 is 6.10 Å². The normalized spacial score (nSPS) is 12.2. The van der Waals surface area contributed by atoms with Gasteiger partial charge in [-0.25, -0.2) is 0 Å². The first-order chi connectivity index (χ1) is 41.0. The van der Waals surface area contributed by atoms with Crippen molar-refractivity contribution in [3.63, 3.8) is 0 Å². The molecule has 0 fully saturated rings. The molecule has 6 nitrogen and oxygen atoms in total. The summed E-state index contributed by atoms with van der Waals surface area (Å²) in [7, 11) is 0. The van der Waals surface area contributed by atoms with Gasteiger partial charge in [0.05, 0.1) is 0 Å². The van der Waals surface area contributed by atoms with E-state index in [9.17, 15) is 14.4 Å². The quantitative estimate of drug-likeness (QED) is 0.0261. The first-order valence-corrected chi connectivity index (χ1v) is 37.5. The predicted molar refractivity (Wildman–Crippen MR) is 362 cm³/mol. The Morgan fingerprint density at radius 3 is 0.639 bits per heavy atom. The molecule has 0 heterocycles. The Balaban J connectivity index is 4.08. The summed E-state index contributed by atoms with van der Waals surface area (Å²) in [6, 6.07) is 0. The molecule has 1 atom stereocenters. The lowest BCUT2D eigenvalue weighted by Crippen LogP contribution is -2.30. The van der Waals surface area contributed by atoms with Crippen LogP contribution in [0.3, 0.4) is 0 Å². The predicted octanol–water partition coefficient (Wildman–Crippen LogP) is 25.9. The molecule has 0 aliphatic rings. The molecule has 0 saturated heterocycles. The minimum absolute atomic E-state index is 0.0708. The van der Waals surface area contributed by atoms with E-state index in [1.807, 2.05) is 0 Å². The van der Waals surface area contributed by atoms with Crippen LogP contribution in [0.1, 0.15) is 419 Å². The standard InChI is InChI=1S/C77H144O6/c1-4-7-10-13-16-19-22-24-26-28-30-32-33-34-35-36-37-38-39-40-41-42-43-45-46-48-50-52-55-58-61-64-67-70-76(79)82-73-74(72-81-75(78)69-66-63-60-57-54-21-18-15-12-9-6-3)83-77(80)71-68-65-62-59-56-53-51-49-47-44-31-29-27-25-23-20-17-14-11-8-5-2/h15,18,28-31,74H,4-14,16-17,19-27,32-73H2,1-3H3/b18-15-,30-28-,31-29-. The summed E-state index contributed by atoms with van der Waals surface area (Å²) in [5.41, 5.74) is 0. The van der Waals surface area contributed by atoms with Gasteiger partial charge in [0.25, 0.3) is 0 Å². The van der Waals surface area contributed by atoms with E-state index in [-0.39, 0.29) is 31.1 Å². The molecule has 488 valence electrons. The highest BCUT2D eigenvalue weighted by atomic mass is 16.6. The van der Waals surface area contributed by atoms with Crippen LogP contribution in [0.25, 0.3) is 0 Å². The fourth-order valence-electron chi connectivity index (χ4n) is 11.4. The molecule has 0 amide bonds. The second-order valence-electron chi connectivity index (χ2n) is 25.6. The number of unbranched alkanes of at least 4 members (excludes halogenated alkanes) is 53. The van der Waals surface area contributed by atoms with Gasteiger partial charge < -0.3 is 14.2 Å². The zero-order valence-corrected chi connectivity index (χ0v) is 56.2. The highest BCUT2D eigenvalue weighted by Gasteiger charge is 2.20. The summed E-state index contributed by atoms with van der Waals surface area (Å²) in [6.45, 7) is 6.66. The maximum atomic E-state index is 12.9. The summed E-state index contributed by atoms with van der Waals surface area (Å²) in [4.78, 5) is 38.4. The van der Waals surface area contributed by atoms with Crippen LogP contribution in [0.15, 0.2) is 36.5 Å². The summed E-state index contributed by atoms with van der Waals surface area (Å²) in [5, 5.41) is 0. The maximum absolute atomic E-state index is 12.9. The Morgan fingerprint density at radius 2 is 0.410 bits per heavy atom. The molecular weight excluding hydrogens is 1020 g/mol. The van der Waals surface area contributed by atoms with E-state index in [2.05, 4.69) is 57.2 Å². The highest BCUT2D eigenvalue weighted by Crippen LogP contribution is 2.19. The van der Waals surface area contributed by atoms with Gasteiger partial charge in [-0.3, -0.25) is 14.4 Å². The molecule has 0 aromatic carbocycles. The average Bonchev–Trinajstić information content (AvgIpc) is 3.48. The molecule has 0 saturated carbocycles. The number of hydrogen-bond donors (Lipinski definition) is 0. The maximum Gasteiger partial charge on any atom is 0.306 e. The molecule has 83 heavy (non-hydrogen) atoms. The number of allylic oxidation sites excluding steroid dienone is 6. The van der Waals surface area contributed by atoms with Gasteiger partial charge >= 0.3 is 17.9 Å². The first kappa shape index (κ1) is 80.6. The Labute approximate surface area is 518 Å². The topological polar surface area (TPSA) is 78.9 Å². The van der Waals surface area contributed by atoms with Crippen molar-refractivity contribution in [3.8, 4) is 0 Å².